The molecular weight excluding hydrogens is 288 g/mol. The maximum absolute atomic E-state index is 9.74. The minimum atomic E-state index is -0.376. The smallest absolute Gasteiger partial charge is 0.126 e. The van der Waals surface area contributed by atoms with Gasteiger partial charge < -0.3 is 14.6 Å². The van der Waals surface area contributed by atoms with Gasteiger partial charge in [-0.1, -0.05) is 37.6 Å². The van der Waals surface area contributed by atoms with E-state index < -0.39 is 0 Å². The first-order valence-electron chi connectivity index (χ1n) is 8.11. The minimum absolute atomic E-state index is 0.376. The minimum Gasteiger partial charge on any atom is -0.496 e. The molecule has 2 rings (SSSR count). The Bertz CT molecular complexity index is 622. The first-order chi connectivity index (χ1) is 11.1. The second kappa shape index (κ2) is 8.02. The fraction of sp³-hybridized carbons (Fsp3) is 0.400. The van der Waals surface area contributed by atoms with E-state index in [1.165, 1.54) is 0 Å². The zero-order valence-electron chi connectivity index (χ0n) is 14.4. The number of ether oxygens (including phenoxy) is 2. The van der Waals surface area contributed by atoms with Gasteiger partial charge in [-0.15, -0.1) is 0 Å². The van der Waals surface area contributed by atoms with Gasteiger partial charge in [0.15, 0.2) is 0 Å². The second-order valence-electron chi connectivity index (χ2n) is 5.82. The van der Waals surface area contributed by atoms with Crippen molar-refractivity contribution in [1.29, 1.82) is 0 Å². The van der Waals surface area contributed by atoms with Crippen LogP contribution in [0, 0.1) is 0 Å². The Balaban J connectivity index is 2.56. The summed E-state index contributed by atoms with van der Waals surface area (Å²) >= 11 is 0. The summed E-state index contributed by atoms with van der Waals surface area (Å²) in [5.74, 6) is 1.71. The Labute approximate surface area is 138 Å². The van der Waals surface area contributed by atoms with Gasteiger partial charge in [0, 0.05) is 5.56 Å². The molecule has 1 unspecified atom stereocenters. The molecule has 3 heteroatoms. The molecule has 0 spiro atoms. The second-order valence-corrected chi connectivity index (χ2v) is 5.82. The van der Waals surface area contributed by atoms with E-state index in [9.17, 15) is 5.11 Å². The van der Waals surface area contributed by atoms with Crippen LogP contribution < -0.4 is 9.47 Å². The normalized spacial score (nSPS) is 12.0. The Morgan fingerprint density at radius 1 is 1.04 bits per heavy atom. The van der Waals surface area contributed by atoms with E-state index in [2.05, 4.69) is 31.2 Å². The summed E-state index contributed by atoms with van der Waals surface area (Å²) in [6, 6.07) is 12.3. The molecule has 0 aliphatic heterocycles. The summed E-state index contributed by atoms with van der Waals surface area (Å²) in [5.41, 5.74) is 4.38. The monoisotopic (exact) mass is 314 g/mol. The lowest BCUT2D eigenvalue weighted by atomic mass is 9.94. The fourth-order valence-corrected chi connectivity index (χ4v) is 2.93. The van der Waals surface area contributed by atoms with Gasteiger partial charge in [-0.2, -0.15) is 0 Å². The average Bonchev–Trinajstić information content (AvgIpc) is 2.55. The van der Waals surface area contributed by atoms with Gasteiger partial charge in [0.1, 0.15) is 11.5 Å². The summed E-state index contributed by atoms with van der Waals surface area (Å²) in [5, 5.41) is 9.74. The van der Waals surface area contributed by atoms with Crippen molar-refractivity contribution in [2.24, 2.45) is 0 Å². The molecule has 0 bridgehead atoms. The molecule has 2 aromatic rings. The topological polar surface area (TPSA) is 38.7 Å². The van der Waals surface area contributed by atoms with Crippen LogP contribution in [0.15, 0.2) is 36.4 Å². The van der Waals surface area contributed by atoms with Crippen LogP contribution in [0.3, 0.4) is 0 Å². The van der Waals surface area contributed by atoms with Crippen LogP contribution in [0.1, 0.15) is 31.4 Å². The lowest BCUT2D eigenvalue weighted by Crippen LogP contribution is -2.05. The standard InChI is InChI=1S/C20H26O3/c1-5-8-18-19(22-3)12-16(13-20(18)23-4)17-10-7-6-9-15(17)11-14(2)21/h6-7,9-10,12-14,21H,5,8,11H2,1-4H3. The van der Waals surface area contributed by atoms with Crippen LogP contribution in [0.4, 0.5) is 0 Å². The van der Waals surface area contributed by atoms with Crippen molar-refractivity contribution in [3.05, 3.63) is 47.5 Å². The zero-order valence-corrected chi connectivity index (χ0v) is 14.4. The van der Waals surface area contributed by atoms with Gasteiger partial charge in [0.25, 0.3) is 0 Å². The van der Waals surface area contributed by atoms with Gasteiger partial charge in [-0.05, 0) is 48.6 Å². The lowest BCUT2D eigenvalue weighted by molar-refractivity contribution is 0.195. The predicted molar refractivity (Wildman–Crippen MR) is 94.4 cm³/mol. The number of methoxy groups -OCH3 is 2. The molecular formula is C20H26O3. The van der Waals surface area contributed by atoms with Gasteiger partial charge in [0.2, 0.25) is 0 Å². The first-order valence-corrected chi connectivity index (χ1v) is 8.11. The molecule has 1 atom stereocenters. The summed E-state index contributed by atoms with van der Waals surface area (Å²) in [4.78, 5) is 0. The van der Waals surface area contributed by atoms with E-state index in [4.69, 9.17) is 9.47 Å². The van der Waals surface area contributed by atoms with E-state index in [1.807, 2.05) is 19.1 Å². The Morgan fingerprint density at radius 3 is 2.17 bits per heavy atom. The van der Waals surface area contributed by atoms with Crippen molar-refractivity contribution in [2.75, 3.05) is 14.2 Å². The molecule has 0 saturated carbocycles. The van der Waals surface area contributed by atoms with Crippen molar-refractivity contribution in [1.82, 2.24) is 0 Å². The first kappa shape index (κ1) is 17.4. The van der Waals surface area contributed by atoms with Crippen molar-refractivity contribution < 1.29 is 14.6 Å². The summed E-state index contributed by atoms with van der Waals surface area (Å²) < 4.78 is 11.2. The molecule has 0 radical (unpaired) electrons. The maximum atomic E-state index is 9.74. The van der Waals surface area contributed by atoms with Gasteiger partial charge >= 0.3 is 0 Å². The number of hydrogen-bond donors (Lipinski definition) is 1. The summed E-state index contributed by atoms with van der Waals surface area (Å²) in [6.07, 6.45) is 2.20. The van der Waals surface area contributed by atoms with Crippen molar-refractivity contribution in [3.8, 4) is 22.6 Å². The molecule has 0 amide bonds. The molecule has 2 aromatic carbocycles. The molecule has 0 aliphatic rings. The zero-order chi connectivity index (χ0) is 16.8. The van der Waals surface area contributed by atoms with E-state index in [0.717, 1.165) is 46.6 Å². The van der Waals surface area contributed by atoms with E-state index in [-0.39, 0.29) is 6.10 Å². The average molecular weight is 314 g/mol. The Kier molecular flexibility index (Phi) is 6.05. The highest BCUT2D eigenvalue weighted by Crippen LogP contribution is 2.37. The van der Waals surface area contributed by atoms with Gasteiger partial charge in [-0.25, -0.2) is 0 Å². The maximum Gasteiger partial charge on any atom is 0.126 e. The fourth-order valence-electron chi connectivity index (χ4n) is 2.93. The largest absolute Gasteiger partial charge is 0.496 e. The number of benzene rings is 2. The molecule has 124 valence electrons. The van der Waals surface area contributed by atoms with E-state index in [0.29, 0.717) is 6.42 Å². The third-order valence-corrected chi connectivity index (χ3v) is 3.95. The van der Waals surface area contributed by atoms with Crippen LogP contribution in [0.25, 0.3) is 11.1 Å². The third-order valence-electron chi connectivity index (χ3n) is 3.95. The molecule has 1 N–H and O–H groups in total. The Hall–Kier alpha value is -2.00. The van der Waals surface area contributed by atoms with Gasteiger partial charge in [0.05, 0.1) is 20.3 Å². The highest BCUT2D eigenvalue weighted by molar-refractivity contribution is 5.72. The lowest BCUT2D eigenvalue weighted by Gasteiger charge is -2.17. The SMILES string of the molecule is CCCc1c(OC)cc(-c2ccccc2CC(C)O)cc1OC. The number of hydrogen-bond acceptors (Lipinski definition) is 3. The molecule has 0 saturated heterocycles. The number of aliphatic hydroxyl groups excluding tert-OH is 1. The van der Waals surface area contributed by atoms with Crippen LogP contribution in [0.5, 0.6) is 11.5 Å². The van der Waals surface area contributed by atoms with Crippen molar-refractivity contribution in [2.45, 2.75) is 39.2 Å². The van der Waals surface area contributed by atoms with Crippen LogP contribution in [0.2, 0.25) is 0 Å². The summed E-state index contributed by atoms with van der Waals surface area (Å²) in [6.45, 7) is 3.95. The quantitative estimate of drug-likeness (QED) is 0.830. The predicted octanol–water partition coefficient (Wildman–Crippen LogP) is 4.25. The van der Waals surface area contributed by atoms with E-state index in [1.54, 1.807) is 14.2 Å². The molecule has 0 fully saturated rings. The highest BCUT2D eigenvalue weighted by Gasteiger charge is 2.15. The van der Waals surface area contributed by atoms with Crippen LogP contribution in [-0.2, 0) is 12.8 Å². The highest BCUT2D eigenvalue weighted by atomic mass is 16.5. The van der Waals surface area contributed by atoms with Crippen molar-refractivity contribution in [3.63, 3.8) is 0 Å². The van der Waals surface area contributed by atoms with Crippen LogP contribution >= 0.6 is 0 Å². The molecule has 0 heterocycles. The van der Waals surface area contributed by atoms with E-state index >= 15 is 0 Å². The molecule has 23 heavy (non-hydrogen) atoms. The third kappa shape index (κ3) is 4.05. The Morgan fingerprint density at radius 2 is 1.65 bits per heavy atom. The molecule has 0 aliphatic carbocycles. The number of aliphatic hydroxyl groups is 1. The molecule has 0 aromatic heterocycles. The number of rotatable bonds is 7. The van der Waals surface area contributed by atoms with Crippen LogP contribution in [-0.4, -0.2) is 25.4 Å². The summed E-state index contributed by atoms with van der Waals surface area (Å²) in [7, 11) is 3.39. The van der Waals surface area contributed by atoms with Crippen molar-refractivity contribution >= 4 is 0 Å². The van der Waals surface area contributed by atoms with Gasteiger partial charge in [-0.3, -0.25) is 0 Å². The molecule has 3 nitrogen and oxygen atoms in total.